The van der Waals surface area contributed by atoms with E-state index in [4.69, 9.17) is 0 Å². The summed E-state index contributed by atoms with van der Waals surface area (Å²) in [7, 11) is 0. The van der Waals surface area contributed by atoms with Gasteiger partial charge in [0, 0.05) is 28.0 Å². The molecule has 0 unspecified atom stereocenters. The molecule has 1 aromatic carbocycles. The Hall–Kier alpha value is -2.47. The van der Waals surface area contributed by atoms with E-state index in [9.17, 15) is 9.59 Å². The van der Waals surface area contributed by atoms with E-state index in [1.54, 1.807) is 36.5 Å². The Bertz CT molecular complexity index is 917. The Morgan fingerprint density at radius 1 is 1.18 bits per heavy atom. The second kappa shape index (κ2) is 5.73. The molecule has 0 atom stereocenters. The fraction of sp³-hybridized carbons (Fsp3) is 0.0625. The molecule has 5 nitrogen and oxygen atoms in total. The number of fused-ring (bicyclic) bond motifs is 1. The number of hydrogen-bond acceptors (Lipinski definition) is 4. The molecule has 0 amide bonds. The van der Waals surface area contributed by atoms with E-state index in [1.807, 2.05) is 6.07 Å². The van der Waals surface area contributed by atoms with Gasteiger partial charge in [-0.15, -0.1) is 0 Å². The molecule has 3 rings (SSSR count). The number of anilines is 2. The molecule has 6 heteroatoms. The van der Waals surface area contributed by atoms with Gasteiger partial charge in [-0.1, -0.05) is 0 Å². The number of halogens is 1. The first-order chi connectivity index (χ1) is 10.5. The fourth-order valence-electron chi connectivity index (χ4n) is 2.08. The smallest absolute Gasteiger partial charge is 0.259 e. The SMILES string of the molecule is CC(=O)c1ccc(Nc2cc(=O)n3cc(Br)ccc3n2)cc1. The minimum Gasteiger partial charge on any atom is -0.340 e. The van der Waals surface area contributed by atoms with Gasteiger partial charge in [0.1, 0.15) is 11.5 Å². The Morgan fingerprint density at radius 2 is 1.91 bits per heavy atom. The summed E-state index contributed by atoms with van der Waals surface area (Å²) in [6, 6.07) is 12.0. The van der Waals surface area contributed by atoms with Crippen molar-refractivity contribution in [3.8, 4) is 0 Å². The highest BCUT2D eigenvalue weighted by Gasteiger charge is 2.04. The van der Waals surface area contributed by atoms with Crippen molar-refractivity contribution >= 4 is 38.9 Å². The molecule has 0 aliphatic heterocycles. The van der Waals surface area contributed by atoms with E-state index in [0.29, 0.717) is 17.0 Å². The zero-order chi connectivity index (χ0) is 15.7. The van der Waals surface area contributed by atoms with Crippen LogP contribution in [0.3, 0.4) is 0 Å². The lowest BCUT2D eigenvalue weighted by Gasteiger charge is -2.08. The molecule has 0 aliphatic rings. The molecule has 110 valence electrons. The summed E-state index contributed by atoms with van der Waals surface area (Å²) in [6.07, 6.45) is 1.68. The molecule has 0 spiro atoms. The lowest BCUT2D eigenvalue weighted by molar-refractivity contribution is 0.101. The van der Waals surface area contributed by atoms with E-state index in [-0.39, 0.29) is 11.3 Å². The largest absolute Gasteiger partial charge is 0.340 e. The topological polar surface area (TPSA) is 63.5 Å². The summed E-state index contributed by atoms with van der Waals surface area (Å²) < 4.78 is 2.28. The Labute approximate surface area is 134 Å². The van der Waals surface area contributed by atoms with Crippen LogP contribution in [-0.4, -0.2) is 15.2 Å². The highest BCUT2D eigenvalue weighted by atomic mass is 79.9. The highest BCUT2D eigenvalue weighted by molar-refractivity contribution is 9.10. The third-order valence-electron chi connectivity index (χ3n) is 3.19. The predicted molar refractivity (Wildman–Crippen MR) is 88.9 cm³/mol. The maximum Gasteiger partial charge on any atom is 0.259 e. The van der Waals surface area contributed by atoms with Gasteiger partial charge in [-0.3, -0.25) is 14.0 Å². The molecule has 0 radical (unpaired) electrons. The fourth-order valence-corrected chi connectivity index (χ4v) is 2.41. The Kier molecular flexibility index (Phi) is 3.77. The van der Waals surface area contributed by atoms with Gasteiger partial charge in [-0.2, -0.15) is 0 Å². The van der Waals surface area contributed by atoms with Crippen LogP contribution in [0, 0.1) is 0 Å². The van der Waals surface area contributed by atoms with Gasteiger partial charge in [-0.25, -0.2) is 4.98 Å². The highest BCUT2D eigenvalue weighted by Crippen LogP contribution is 2.16. The molecule has 0 saturated heterocycles. The number of carbonyl (C=O) groups is 1. The van der Waals surface area contributed by atoms with Crippen molar-refractivity contribution in [1.82, 2.24) is 9.38 Å². The van der Waals surface area contributed by atoms with E-state index in [1.165, 1.54) is 17.4 Å². The van der Waals surface area contributed by atoms with Crippen LogP contribution in [0.25, 0.3) is 5.65 Å². The van der Waals surface area contributed by atoms with Crippen molar-refractivity contribution in [2.24, 2.45) is 0 Å². The number of benzene rings is 1. The molecule has 0 bridgehead atoms. The van der Waals surface area contributed by atoms with Crippen LogP contribution >= 0.6 is 15.9 Å². The number of pyridine rings is 1. The van der Waals surface area contributed by atoms with Crippen molar-refractivity contribution in [3.05, 3.63) is 69.1 Å². The van der Waals surface area contributed by atoms with Gasteiger partial charge in [0.15, 0.2) is 5.78 Å². The second-order valence-corrected chi connectivity index (χ2v) is 5.73. The average Bonchev–Trinajstić information content (AvgIpc) is 2.49. The van der Waals surface area contributed by atoms with E-state index in [2.05, 4.69) is 26.2 Å². The van der Waals surface area contributed by atoms with Gasteiger partial charge in [0.25, 0.3) is 5.56 Å². The van der Waals surface area contributed by atoms with Gasteiger partial charge in [0.2, 0.25) is 0 Å². The minimum atomic E-state index is -0.172. The van der Waals surface area contributed by atoms with Gasteiger partial charge >= 0.3 is 0 Å². The normalized spacial score (nSPS) is 10.6. The molecular formula is C16H12BrN3O2. The molecule has 0 saturated carbocycles. The number of ketones is 1. The number of nitrogens with zero attached hydrogens (tertiary/aromatic N) is 2. The van der Waals surface area contributed by atoms with Crippen LogP contribution in [0.5, 0.6) is 0 Å². The van der Waals surface area contributed by atoms with Crippen molar-refractivity contribution in [2.75, 3.05) is 5.32 Å². The molecule has 0 aliphatic carbocycles. The molecule has 2 heterocycles. The summed E-state index contributed by atoms with van der Waals surface area (Å²) in [5.74, 6) is 0.474. The van der Waals surface area contributed by atoms with Crippen LogP contribution in [-0.2, 0) is 0 Å². The quantitative estimate of drug-likeness (QED) is 0.729. The van der Waals surface area contributed by atoms with Crippen LogP contribution in [0.1, 0.15) is 17.3 Å². The summed E-state index contributed by atoms with van der Waals surface area (Å²) in [6.45, 7) is 1.52. The number of hydrogen-bond donors (Lipinski definition) is 1. The Balaban J connectivity index is 1.95. The second-order valence-electron chi connectivity index (χ2n) is 4.81. The molecule has 22 heavy (non-hydrogen) atoms. The maximum atomic E-state index is 12.1. The minimum absolute atomic E-state index is 0.0131. The monoisotopic (exact) mass is 357 g/mol. The summed E-state index contributed by atoms with van der Waals surface area (Å²) in [5.41, 5.74) is 1.79. The predicted octanol–water partition coefficient (Wildman–Crippen LogP) is 3.40. The first-order valence-electron chi connectivity index (χ1n) is 6.60. The number of Topliss-reactive ketones (excluding diaryl/α,β-unsaturated/α-hetero) is 1. The van der Waals surface area contributed by atoms with E-state index in [0.717, 1.165) is 10.2 Å². The van der Waals surface area contributed by atoms with E-state index < -0.39 is 0 Å². The van der Waals surface area contributed by atoms with Gasteiger partial charge < -0.3 is 5.32 Å². The van der Waals surface area contributed by atoms with Gasteiger partial charge in [-0.05, 0) is 59.3 Å². The average molecular weight is 358 g/mol. The number of nitrogens with one attached hydrogen (secondary N) is 1. The first kappa shape index (κ1) is 14.5. The summed E-state index contributed by atoms with van der Waals surface area (Å²) >= 11 is 3.33. The molecule has 1 N–H and O–H groups in total. The van der Waals surface area contributed by atoms with Crippen molar-refractivity contribution < 1.29 is 4.79 Å². The lowest BCUT2D eigenvalue weighted by Crippen LogP contribution is -2.14. The van der Waals surface area contributed by atoms with Crippen LogP contribution in [0.15, 0.2) is 57.9 Å². The molecule has 3 aromatic rings. The molecule has 0 fully saturated rings. The summed E-state index contributed by atoms with van der Waals surface area (Å²) in [5, 5.41) is 3.07. The Morgan fingerprint density at radius 3 is 2.59 bits per heavy atom. The first-order valence-corrected chi connectivity index (χ1v) is 7.39. The number of carbonyl (C=O) groups excluding carboxylic acids is 1. The van der Waals surface area contributed by atoms with Crippen LogP contribution in [0.2, 0.25) is 0 Å². The van der Waals surface area contributed by atoms with E-state index >= 15 is 0 Å². The lowest BCUT2D eigenvalue weighted by atomic mass is 10.1. The third-order valence-corrected chi connectivity index (χ3v) is 3.66. The van der Waals surface area contributed by atoms with Crippen molar-refractivity contribution in [3.63, 3.8) is 0 Å². The van der Waals surface area contributed by atoms with Crippen molar-refractivity contribution in [1.29, 1.82) is 0 Å². The third kappa shape index (κ3) is 2.92. The van der Waals surface area contributed by atoms with Gasteiger partial charge in [0.05, 0.1) is 0 Å². The van der Waals surface area contributed by atoms with Crippen LogP contribution in [0.4, 0.5) is 11.5 Å². The maximum absolute atomic E-state index is 12.1. The molecule has 2 aromatic heterocycles. The number of aromatic nitrogens is 2. The number of rotatable bonds is 3. The van der Waals surface area contributed by atoms with Crippen molar-refractivity contribution in [2.45, 2.75) is 6.92 Å². The zero-order valence-corrected chi connectivity index (χ0v) is 13.3. The molecular weight excluding hydrogens is 346 g/mol. The zero-order valence-electron chi connectivity index (χ0n) is 11.7. The summed E-state index contributed by atoms with van der Waals surface area (Å²) in [4.78, 5) is 27.7. The standard InChI is InChI=1S/C16H12BrN3O2/c1-10(21)11-2-5-13(6-3-11)18-14-8-16(22)20-9-12(17)4-7-15(20)19-14/h2-9,18H,1H3. The van der Waals surface area contributed by atoms with Crippen LogP contribution < -0.4 is 10.9 Å².